The third-order valence-electron chi connectivity index (χ3n) is 4.10. The Labute approximate surface area is 120 Å². The average molecular weight is 286 g/mol. The van der Waals surface area contributed by atoms with Crippen LogP contribution in [-0.2, 0) is 4.79 Å². The Morgan fingerprint density at radius 2 is 2.15 bits per heavy atom. The quantitative estimate of drug-likeness (QED) is 0.686. The number of aliphatic carboxylic acids is 1. The number of urea groups is 1. The molecular formula is C14H26N2O4. The molecule has 3 N–H and O–H groups in total. The molecule has 1 aliphatic heterocycles. The summed E-state index contributed by atoms with van der Waals surface area (Å²) in [5.41, 5.74) is 0. The zero-order chi connectivity index (χ0) is 15.1. The van der Waals surface area contributed by atoms with E-state index in [1.807, 2.05) is 13.8 Å². The summed E-state index contributed by atoms with van der Waals surface area (Å²) >= 11 is 0. The maximum Gasteiger partial charge on any atom is 0.326 e. The van der Waals surface area contributed by atoms with Gasteiger partial charge in [-0.1, -0.05) is 20.3 Å². The van der Waals surface area contributed by atoms with Crippen LogP contribution in [0.4, 0.5) is 4.79 Å². The van der Waals surface area contributed by atoms with Gasteiger partial charge in [0, 0.05) is 19.7 Å². The maximum atomic E-state index is 12.2. The number of likely N-dealkylation sites (tertiary alicyclic amines) is 1. The van der Waals surface area contributed by atoms with Crippen molar-refractivity contribution in [3.63, 3.8) is 0 Å². The van der Waals surface area contributed by atoms with E-state index in [4.69, 9.17) is 5.11 Å². The van der Waals surface area contributed by atoms with Gasteiger partial charge >= 0.3 is 12.0 Å². The monoisotopic (exact) mass is 286 g/mol. The summed E-state index contributed by atoms with van der Waals surface area (Å²) in [6.07, 6.45) is 3.30. The lowest BCUT2D eigenvalue weighted by atomic mass is 9.95. The number of nitrogens with one attached hydrogen (secondary N) is 1. The Bertz CT molecular complexity index is 333. The fourth-order valence-corrected chi connectivity index (χ4v) is 2.58. The van der Waals surface area contributed by atoms with Crippen molar-refractivity contribution in [1.29, 1.82) is 0 Å². The molecule has 0 aromatic rings. The van der Waals surface area contributed by atoms with Gasteiger partial charge in [0.15, 0.2) is 0 Å². The summed E-state index contributed by atoms with van der Waals surface area (Å²) in [5.74, 6) is -0.780. The minimum Gasteiger partial charge on any atom is -0.480 e. The number of piperidine rings is 1. The van der Waals surface area contributed by atoms with Crippen LogP contribution in [0.3, 0.4) is 0 Å². The van der Waals surface area contributed by atoms with Crippen molar-refractivity contribution in [2.24, 2.45) is 11.8 Å². The van der Waals surface area contributed by atoms with Crippen molar-refractivity contribution in [3.8, 4) is 0 Å². The van der Waals surface area contributed by atoms with Gasteiger partial charge in [0.2, 0.25) is 0 Å². The number of amides is 2. The van der Waals surface area contributed by atoms with Crippen LogP contribution in [0, 0.1) is 11.8 Å². The van der Waals surface area contributed by atoms with E-state index in [1.165, 1.54) is 0 Å². The molecule has 1 fully saturated rings. The zero-order valence-corrected chi connectivity index (χ0v) is 12.3. The van der Waals surface area contributed by atoms with Crippen LogP contribution in [0.5, 0.6) is 0 Å². The third kappa shape index (κ3) is 4.67. The minimum atomic E-state index is -0.989. The van der Waals surface area contributed by atoms with Crippen LogP contribution in [0.15, 0.2) is 0 Å². The van der Waals surface area contributed by atoms with E-state index < -0.39 is 12.0 Å². The first kappa shape index (κ1) is 16.8. The standard InChI is InChI=1S/C14H26N2O4/c1-3-10(2)12(13(18)19)15-14(20)16-7-4-5-11(9-16)6-8-17/h10-12,17H,3-9H2,1-2H3,(H,15,20)(H,18,19)/t10-,11?,12-/m0/s1. The first-order chi connectivity index (χ1) is 9.49. The molecule has 1 heterocycles. The molecule has 1 unspecified atom stereocenters. The van der Waals surface area contributed by atoms with Gasteiger partial charge in [0.05, 0.1) is 0 Å². The van der Waals surface area contributed by atoms with Crippen molar-refractivity contribution in [1.82, 2.24) is 10.2 Å². The highest BCUT2D eigenvalue weighted by molar-refractivity contribution is 5.82. The van der Waals surface area contributed by atoms with E-state index in [1.54, 1.807) is 4.90 Å². The van der Waals surface area contributed by atoms with Crippen LogP contribution in [0.2, 0.25) is 0 Å². The topological polar surface area (TPSA) is 89.9 Å². The third-order valence-corrected chi connectivity index (χ3v) is 4.10. The molecule has 0 saturated carbocycles. The van der Waals surface area contributed by atoms with Gasteiger partial charge in [0.25, 0.3) is 0 Å². The molecule has 6 nitrogen and oxygen atoms in total. The molecule has 1 aliphatic rings. The molecular weight excluding hydrogens is 260 g/mol. The van der Waals surface area contributed by atoms with Crippen molar-refractivity contribution in [2.45, 2.75) is 45.6 Å². The highest BCUT2D eigenvalue weighted by Gasteiger charge is 2.29. The number of aliphatic hydroxyl groups excluding tert-OH is 1. The fourth-order valence-electron chi connectivity index (χ4n) is 2.58. The Hall–Kier alpha value is -1.30. The molecule has 1 saturated heterocycles. The number of aliphatic hydroxyl groups is 1. The number of nitrogens with zero attached hydrogens (tertiary/aromatic N) is 1. The van der Waals surface area contributed by atoms with Crippen LogP contribution in [0.25, 0.3) is 0 Å². The second-order valence-electron chi connectivity index (χ2n) is 5.62. The Morgan fingerprint density at radius 1 is 1.45 bits per heavy atom. The second kappa shape index (κ2) is 8.09. The number of carbonyl (C=O) groups is 2. The number of carboxylic acid groups (broad SMARTS) is 1. The molecule has 20 heavy (non-hydrogen) atoms. The zero-order valence-electron chi connectivity index (χ0n) is 12.3. The van der Waals surface area contributed by atoms with E-state index in [-0.39, 0.29) is 18.6 Å². The first-order valence-corrected chi connectivity index (χ1v) is 7.38. The predicted octanol–water partition coefficient (Wildman–Crippen LogP) is 1.29. The second-order valence-corrected chi connectivity index (χ2v) is 5.62. The van der Waals surface area contributed by atoms with E-state index >= 15 is 0 Å². The van der Waals surface area contributed by atoms with Crippen LogP contribution < -0.4 is 5.32 Å². The molecule has 0 radical (unpaired) electrons. The van der Waals surface area contributed by atoms with E-state index in [2.05, 4.69) is 5.32 Å². The highest BCUT2D eigenvalue weighted by atomic mass is 16.4. The Morgan fingerprint density at radius 3 is 2.70 bits per heavy atom. The van der Waals surface area contributed by atoms with Crippen LogP contribution in [0.1, 0.15) is 39.5 Å². The Balaban J connectivity index is 2.57. The van der Waals surface area contributed by atoms with Gasteiger partial charge in [0.1, 0.15) is 6.04 Å². The largest absolute Gasteiger partial charge is 0.480 e. The SMILES string of the molecule is CC[C@H](C)[C@H](NC(=O)N1CCCC(CCO)C1)C(=O)O. The predicted molar refractivity (Wildman–Crippen MR) is 75.4 cm³/mol. The summed E-state index contributed by atoms with van der Waals surface area (Å²) < 4.78 is 0. The number of carboxylic acids is 1. The van der Waals surface area contributed by atoms with Crippen molar-refractivity contribution in [2.75, 3.05) is 19.7 Å². The highest BCUT2D eigenvalue weighted by Crippen LogP contribution is 2.19. The average Bonchev–Trinajstić information content (AvgIpc) is 2.44. The van der Waals surface area contributed by atoms with Gasteiger partial charge in [-0.05, 0) is 31.1 Å². The summed E-state index contributed by atoms with van der Waals surface area (Å²) in [6.45, 7) is 5.11. The number of carbonyl (C=O) groups excluding carboxylic acids is 1. The lowest BCUT2D eigenvalue weighted by molar-refractivity contribution is -0.140. The van der Waals surface area contributed by atoms with Gasteiger partial charge in [-0.25, -0.2) is 9.59 Å². The van der Waals surface area contributed by atoms with Crippen LogP contribution >= 0.6 is 0 Å². The fraction of sp³-hybridized carbons (Fsp3) is 0.857. The normalized spacial score (nSPS) is 22.1. The van der Waals surface area contributed by atoms with E-state index in [0.717, 1.165) is 12.8 Å². The molecule has 0 aliphatic carbocycles. The van der Waals surface area contributed by atoms with Crippen molar-refractivity contribution >= 4 is 12.0 Å². The number of hydrogen-bond donors (Lipinski definition) is 3. The van der Waals surface area contributed by atoms with Crippen molar-refractivity contribution in [3.05, 3.63) is 0 Å². The smallest absolute Gasteiger partial charge is 0.326 e. The van der Waals surface area contributed by atoms with Gasteiger partial charge in [-0.3, -0.25) is 0 Å². The molecule has 3 atom stereocenters. The summed E-state index contributed by atoms with van der Waals surface area (Å²) in [4.78, 5) is 25.1. The van der Waals surface area contributed by atoms with Crippen LogP contribution in [-0.4, -0.2) is 52.9 Å². The lowest BCUT2D eigenvalue weighted by Crippen LogP contribution is -2.52. The number of rotatable bonds is 6. The Kier molecular flexibility index (Phi) is 6.78. The molecule has 1 rings (SSSR count). The lowest BCUT2D eigenvalue weighted by Gasteiger charge is -2.34. The summed E-state index contributed by atoms with van der Waals surface area (Å²) in [5, 5.41) is 20.8. The number of hydrogen-bond acceptors (Lipinski definition) is 3. The minimum absolute atomic E-state index is 0.102. The van der Waals surface area contributed by atoms with Crippen molar-refractivity contribution < 1.29 is 19.8 Å². The molecule has 0 spiro atoms. The van der Waals surface area contributed by atoms with Gasteiger partial charge < -0.3 is 20.4 Å². The van der Waals surface area contributed by atoms with Gasteiger partial charge in [-0.2, -0.15) is 0 Å². The molecule has 2 amide bonds. The van der Waals surface area contributed by atoms with E-state index in [0.29, 0.717) is 31.8 Å². The molecule has 116 valence electrons. The van der Waals surface area contributed by atoms with E-state index in [9.17, 15) is 14.7 Å². The first-order valence-electron chi connectivity index (χ1n) is 7.38. The summed E-state index contributed by atoms with van der Waals surface area (Å²) in [7, 11) is 0. The molecule has 6 heteroatoms. The summed E-state index contributed by atoms with van der Waals surface area (Å²) in [6, 6.07) is -1.15. The molecule has 0 bridgehead atoms. The molecule has 0 aromatic heterocycles. The maximum absolute atomic E-state index is 12.2. The van der Waals surface area contributed by atoms with Gasteiger partial charge in [-0.15, -0.1) is 0 Å². The molecule has 0 aromatic carbocycles.